The Kier molecular flexibility index (Phi) is 15.1. The normalized spacial score (nSPS) is 19.2. The van der Waals surface area contributed by atoms with E-state index in [4.69, 9.17) is 19.6 Å². The highest BCUT2D eigenvalue weighted by Crippen LogP contribution is 2.39. The number of amides is 3. The summed E-state index contributed by atoms with van der Waals surface area (Å²) in [6.45, 7) is 16.1. The van der Waals surface area contributed by atoms with Crippen molar-refractivity contribution >= 4 is 72.8 Å². The summed E-state index contributed by atoms with van der Waals surface area (Å²) < 4.78 is 15.7. The van der Waals surface area contributed by atoms with Gasteiger partial charge in [0.1, 0.15) is 17.2 Å². The second-order valence-electron chi connectivity index (χ2n) is 22.8. The minimum Gasteiger partial charge on any atom is -0.490 e. The molecule has 1 atom stereocenters. The quantitative estimate of drug-likeness (QED) is 0.0603. The number of fused-ring (bicyclic) bond motifs is 3. The average Bonchev–Trinajstić information content (AvgIpc) is 4.14. The number of imide groups is 1. The molecule has 6 heterocycles. The van der Waals surface area contributed by atoms with Gasteiger partial charge in [0.15, 0.2) is 10.8 Å². The number of carbonyl (C=O) groups is 4. The van der Waals surface area contributed by atoms with Gasteiger partial charge in [-0.1, -0.05) is 60.6 Å². The number of esters is 1. The number of thiazole rings is 1. The Hall–Kier alpha value is -7.17. The third kappa shape index (κ3) is 11.4. The Morgan fingerprint density at radius 2 is 1.62 bits per heavy atom. The van der Waals surface area contributed by atoms with Gasteiger partial charge in [0, 0.05) is 74.9 Å². The Balaban J connectivity index is 0.679. The molecular weight excluding hydrogens is 999 g/mol. The van der Waals surface area contributed by atoms with Crippen LogP contribution >= 0.6 is 11.3 Å². The van der Waals surface area contributed by atoms with Crippen molar-refractivity contribution in [2.45, 2.75) is 123 Å². The third-order valence-corrected chi connectivity index (χ3v) is 17.3. The van der Waals surface area contributed by atoms with Crippen molar-refractivity contribution in [1.82, 2.24) is 30.0 Å². The smallest absolute Gasteiger partial charge is 0.358 e. The van der Waals surface area contributed by atoms with Crippen LogP contribution in [-0.4, -0.2) is 99.3 Å². The van der Waals surface area contributed by atoms with Gasteiger partial charge >= 0.3 is 5.97 Å². The number of unbranched alkanes of at least 4 members (excludes halogenated alkanes) is 1. The molecule has 0 bridgehead atoms. The topological polar surface area (TPSA) is 164 Å². The highest BCUT2D eigenvalue weighted by molar-refractivity contribution is 7.22. The van der Waals surface area contributed by atoms with E-state index in [1.165, 1.54) is 41.9 Å². The summed E-state index contributed by atoms with van der Waals surface area (Å²) in [5.41, 5.74) is 9.71. The predicted molar refractivity (Wildman–Crippen MR) is 308 cm³/mol. The first kappa shape index (κ1) is 52.9. The number of hydrogen-bond donors (Lipinski definition) is 2. The van der Waals surface area contributed by atoms with Gasteiger partial charge in [0.25, 0.3) is 5.91 Å². The molecular formula is C62H71N9O6S. The van der Waals surface area contributed by atoms with Crippen molar-refractivity contribution in [3.63, 3.8) is 0 Å². The van der Waals surface area contributed by atoms with E-state index in [0.717, 1.165) is 120 Å². The maximum absolute atomic E-state index is 14.1. The largest absolute Gasteiger partial charge is 0.490 e. The number of benzene rings is 4. The lowest BCUT2D eigenvalue weighted by atomic mass is 9.84. The molecule has 4 aliphatic rings. The fourth-order valence-corrected chi connectivity index (χ4v) is 13.0. The van der Waals surface area contributed by atoms with Gasteiger partial charge in [0.05, 0.1) is 33.4 Å². The molecule has 16 heteroatoms. The van der Waals surface area contributed by atoms with Gasteiger partial charge in [-0.15, -0.1) is 0 Å². The lowest BCUT2D eigenvalue weighted by Crippen LogP contribution is -2.46. The fourth-order valence-electron chi connectivity index (χ4n) is 12.1. The number of hydrogen-bond acceptors (Lipinski definition) is 13. The molecule has 2 N–H and O–H groups in total. The third-order valence-electron chi connectivity index (χ3n) is 16.3. The van der Waals surface area contributed by atoms with Crippen molar-refractivity contribution in [2.24, 2.45) is 13.0 Å². The number of piperidine rings is 1. The summed E-state index contributed by atoms with van der Waals surface area (Å²) in [5, 5.41) is 11.9. The second-order valence-corrected chi connectivity index (χ2v) is 23.8. The molecule has 78 heavy (non-hydrogen) atoms. The molecule has 11 rings (SSSR count). The van der Waals surface area contributed by atoms with E-state index in [2.05, 4.69) is 62.4 Å². The zero-order chi connectivity index (χ0) is 54.2. The Bertz CT molecular complexity index is 3380. The second kappa shape index (κ2) is 22.3. The predicted octanol–water partition coefficient (Wildman–Crippen LogP) is 11.1. The Labute approximate surface area is 460 Å². The molecule has 3 aliphatic heterocycles. The molecule has 1 saturated carbocycles. The minimum absolute atomic E-state index is 0.127. The first-order valence-corrected chi connectivity index (χ1v) is 28.8. The standard InChI is InChI=1S/C62H71N9O6S/c1-38-35-47-51(68(6)67-56(47)46-25-27-55(72)65-59(46)74)36-50(38)70-33-31-69(32-34-70)29-10-9-13-40-20-22-42(23-21-40)76-52-18-12-15-43(39(52)2)44-24-26-54(64-57(44)60(75)77-62(3,4)5)71-30-28-41-14-11-16-45(48(41)37-71)58(73)66-61-63-49-17-7-8-19-53(49)78-61/h7-8,11-12,14-19,24,26,35-36,40,42,46H,9-10,13,20-23,25,27-34,37H2,1-6H3,(H,63,66,73)(H,65,72,74). The zero-order valence-electron chi connectivity index (χ0n) is 45.8. The summed E-state index contributed by atoms with van der Waals surface area (Å²) in [6, 6.07) is 28.2. The molecule has 1 unspecified atom stereocenters. The molecule has 3 fully saturated rings. The molecule has 3 amide bonds. The first-order chi connectivity index (χ1) is 37.6. The van der Waals surface area contributed by atoms with Gasteiger partial charge in [-0.3, -0.25) is 34.6 Å². The average molecular weight is 1070 g/mol. The van der Waals surface area contributed by atoms with Crippen molar-refractivity contribution < 1.29 is 28.7 Å². The van der Waals surface area contributed by atoms with Crippen LogP contribution in [0.15, 0.2) is 84.9 Å². The number of aryl methyl sites for hydroxylation is 2. The number of rotatable bonds is 14. The Morgan fingerprint density at radius 3 is 2.40 bits per heavy atom. The molecule has 7 aromatic rings. The molecule has 15 nitrogen and oxygen atoms in total. The van der Waals surface area contributed by atoms with Crippen molar-refractivity contribution in [3.8, 4) is 16.9 Å². The maximum Gasteiger partial charge on any atom is 0.358 e. The fraction of sp³-hybridized carbons (Fsp3) is 0.435. The minimum atomic E-state index is -0.730. The number of aromatic nitrogens is 4. The van der Waals surface area contributed by atoms with Crippen LogP contribution in [0.2, 0.25) is 0 Å². The van der Waals surface area contributed by atoms with Crippen molar-refractivity contribution in [2.75, 3.05) is 54.4 Å². The van der Waals surface area contributed by atoms with Crippen LogP contribution in [0.4, 0.5) is 16.6 Å². The molecule has 406 valence electrons. The molecule has 0 spiro atoms. The summed E-state index contributed by atoms with van der Waals surface area (Å²) in [5.74, 6) is 0.605. The van der Waals surface area contributed by atoms with Crippen molar-refractivity contribution in [3.05, 3.63) is 124 Å². The van der Waals surface area contributed by atoms with Gasteiger partial charge in [0.2, 0.25) is 11.8 Å². The van der Waals surface area contributed by atoms with E-state index in [9.17, 15) is 19.2 Å². The SMILES string of the molecule is Cc1cc2c(C3CCC(=O)NC3=O)nn(C)c2cc1N1CCN(CCCCC2CCC(Oc3cccc(-c4ccc(N5CCc6cccc(C(=O)Nc7nc8ccccc8s7)c6C5)nc4C(=O)OC(C)(C)C)c3C)CC2)CC1. The lowest BCUT2D eigenvalue weighted by Gasteiger charge is -2.37. The van der Waals surface area contributed by atoms with Crippen LogP contribution in [0.25, 0.3) is 32.2 Å². The van der Waals surface area contributed by atoms with E-state index < -0.39 is 17.5 Å². The van der Waals surface area contributed by atoms with E-state index in [1.54, 1.807) is 0 Å². The number of nitrogens with one attached hydrogen (secondary N) is 2. The lowest BCUT2D eigenvalue weighted by molar-refractivity contribution is -0.134. The van der Waals surface area contributed by atoms with Crippen molar-refractivity contribution in [1.29, 1.82) is 0 Å². The van der Waals surface area contributed by atoms with Crippen LogP contribution in [0, 0.1) is 19.8 Å². The van der Waals surface area contributed by atoms with Crippen LogP contribution < -0.4 is 25.2 Å². The first-order valence-electron chi connectivity index (χ1n) is 27.9. The molecule has 4 aromatic carbocycles. The van der Waals surface area contributed by atoms with E-state index in [-0.39, 0.29) is 29.5 Å². The van der Waals surface area contributed by atoms with Gasteiger partial charge in [-0.2, -0.15) is 5.10 Å². The number of ether oxygens (including phenoxy) is 2. The van der Waals surface area contributed by atoms with Crippen LogP contribution in [0.1, 0.15) is 133 Å². The van der Waals surface area contributed by atoms with E-state index in [1.807, 2.05) is 99.2 Å². The van der Waals surface area contributed by atoms with E-state index in [0.29, 0.717) is 53.9 Å². The number of para-hydroxylation sites is 1. The molecule has 3 aromatic heterocycles. The number of piperazine rings is 1. The van der Waals surface area contributed by atoms with Gasteiger partial charge < -0.3 is 19.3 Å². The Morgan fingerprint density at radius 1 is 0.821 bits per heavy atom. The van der Waals surface area contributed by atoms with Crippen LogP contribution in [0.5, 0.6) is 5.75 Å². The summed E-state index contributed by atoms with van der Waals surface area (Å²) in [4.78, 5) is 69.4. The summed E-state index contributed by atoms with van der Waals surface area (Å²) >= 11 is 1.45. The number of anilines is 3. The number of nitrogens with zero attached hydrogens (tertiary/aromatic N) is 7. The van der Waals surface area contributed by atoms with E-state index >= 15 is 0 Å². The van der Waals surface area contributed by atoms with Crippen LogP contribution in [-0.2, 0) is 34.3 Å². The molecule has 1 aliphatic carbocycles. The molecule has 2 saturated heterocycles. The summed E-state index contributed by atoms with van der Waals surface area (Å²) in [7, 11) is 1.93. The van der Waals surface area contributed by atoms with Crippen LogP contribution in [0.3, 0.4) is 0 Å². The zero-order valence-corrected chi connectivity index (χ0v) is 46.6. The maximum atomic E-state index is 14.1. The summed E-state index contributed by atoms with van der Waals surface area (Å²) in [6.07, 6.45) is 9.68. The monoisotopic (exact) mass is 1070 g/mol. The highest BCUT2D eigenvalue weighted by atomic mass is 32.1. The van der Waals surface area contributed by atoms with Gasteiger partial charge in [-0.25, -0.2) is 14.8 Å². The number of pyridine rings is 1. The molecule has 0 radical (unpaired) electrons. The number of carbonyl (C=O) groups excluding carboxylic acids is 4. The van der Waals surface area contributed by atoms with Gasteiger partial charge in [-0.05, 0) is 168 Å². The highest BCUT2D eigenvalue weighted by Gasteiger charge is 2.33.